The minimum atomic E-state index is -0.174. The zero-order valence-electron chi connectivity index (χ0n) is 34.0. The lowest BCUT2D eigenvalue weighted by Gasteiger charge is -2.29. The molecule has 5 aromatic carbocycles. The molecule has 0 unspecified atom stereocenters. The summed E-state index contributed by atoms with van der Waals surface area (Å²) in [6, 6.07) is 41.2. The van der Waals surface area contributed by atoms with Gasteiger partial charge < -0.3 is 19.3 Å². The van der Waals surface area contributed by atoms with Gasteiger partial charge >= 0.3 is 0 Å². The Morgan fingerprint density at radius 3 is 1.44 bits per heavy atom. The SMILES string of the molecule is C=C(/C=C\C1=C(C)C(C)(C)c2cc(N(c3ccc(OC)cc3)c3ccc(C(C)(C)C)cc3)ccc21)N(c1ccc(OC)cc1)c1ccc(C(C)(C)C)cc1. The highest BCUT2D eigenvalue weighted by Gasteiger charge is 2.35. The average Bonchev–Trinajstić information content (AvgIpc) is 3.34. The molecule has 1 aliphatic carbocycles. The van der Waals surface area contributed by atoms with Crippen molar-refractivity contribution in [2.24, 2.45) is 0 Å². The van der Waals surface area contributed by atoms with Gasteiger partial charge in [0.05, 0.1) is 14.2 Å². The van der Waals surface area contributed by atoms with Crippen molar-refractivity contribution in [3.63, 3.8) is 0 Å². The Bertz CT molecular complexity index is 2170. The molecule has 0 aromatic heterocycles. The number of anilines is 5. The van der Waals surface area contributed by atoms with E-state index in [0.29, 0.717) is 0 Å². The molecule has 0 atom stereocenters. The molecule has 4 heteroatoms. The van der Waals surface area contributed by atoms with E-state index in [-0.39, 0.29) is 16.2 Å². The number of nitrogens with zero attached hydrogens (tertiary/aromatic N) is 2. The number of methoxy groups -OCH3 is 2. The molecular formula is C50H56N2O2. The molecule has 54 heavy (non-hydrogen) atoms. The number of benzene rings is 5. The minimum absolute atomic E-state index is 0.0650. The van der Waals surface area contributed by atoms with Crippen LogP contribution in [0.3, 0.4) is 0 Å². The van der Waals surface area contributed by atoms with Gasteiger partial charge in [-0.1, -0.05) is 104 Å². The molecule has 6 rings (SSSR count). The van der Waals surface area contributed by atoms with Crippen LogP contribution in [0.15, 0.2) is 145 Å². The Morgan fingerprint density at radius 1 is 0.593 bits per heavy atom. The standard InChI is InChI=1S/C50H56N2O2/c1-34(51(39-22-27-43(53-11)28-23-39)38-18-14-36(15-19-38)48(3,4)5)13-31-45-35(2)50(9,10)47-33-42(26-32-46(45)47)52(41-24-29-44(54-12)30-25-41)40-20-16-37(17-21-40)49(6,7)8/h13-33H,1H2,2-12H3/b31-13-. The molecule has 0 amide bonds. The van der Waals surface area contributed by atoms with Gasteiger partial charge in [-0.25, -0.2) is 0 Å². The maximum Gasteiger partial charge on any atom is 0.119 e. The number of hydrogen-bond acceptors (Lipinski definition) is 4. The van der Waals surface area contributed by atoms with Crippen molar-refractivity contribution in [1.29, 1.82) is 0 Å². The molecule has 0 fully saturated rings. The fraction of sp³-hybridized carbons (Fsp3) is 0.280. The van der Waals surface area contributed by atoms with Gasteiger partial charge in [-0.15, -0.1) is 0 Å². The minimum Gasteiger partial charge on any atom is -0.497 e. The Balaban J connectivity index is 1.38. The molecule has 0 N–H and O–H groups in total. The summed E-state index contributed by atoms with van der Waals surface area (Å²) in [5.41, 5.74) is 13.9. The number of fused-ring (bicyclic) bond motifs is 1. The summed E-state index contributed by atoms with van der Waals surface area (Å²) in [5.74, 6) is 1.66. The van der Waals surface area contributed by atoms with Gasteiger partial charge in [0.1, 0.15) is 11.5 Å². The molecule has 0 heterocycles. The van der Waals surface area contributed by atoms with Crippen molar-refractivity contribution < 1.29 is 9.47 Å². The van der Waals surface area contributed by atoms with Crippen molar-refractivity contribution >= 4 is 34.0 Å². The smallest absolute Gasteiger partial charge is 0.119 e. The first-order valence-electron chi connectivity index (χ1n) is 18.9. The monoisotopic (exact) mass is 716 g/mol. The van der Waals surface area contributed by atoms with E-state index in [9.17, 15) is 0 Å². The van der Waals surface area contributed by atoms with E-state index < -0.39 is 0 Å². The van der Waals surface area contributed by atoms with Crippen LogP contribution < -0.4 is 19.3 Å². The number of hydrogen-bond donors (Lipinski definition) is 0. The van der Waals surface area contributed by atoms with Crippen LogP contribution in [0.5, 0.6) is 11.5 Å². The lowest BCUT2D eigenvalue weighted by molar-refractivity contribution is 0.414. The first-order chi connectivity index (χ1) is 25.5. The van der Waals surface area contributed by atoms with Crippen LogP contribution in [0.1, 0.15) is 84.6 Å². The van der Waals surface area contributed by atoms with Gasteiger partial charge in [0.15, 0.2) is 0 Å². The Labute approximate surface area is 324 Å². The third-order valence-electron chi connectivity index (χ3n) is 10.9. The van der Waals surface area contributed by atoms with Crippen LogP contribution in [0.4, 0.5) is 28.4 Å². The summed E-state index contributed by atoms with van der Waals surface area (Å²) < 4.78 is 11.0. The maximum absolute atomic E-state index is 5.51. The molecule has 0 spiro atoms. The predicted octanol–water partition coefficient (Wildman–Crippen LogP) is 13.7. The number of allylic oxidation sites excluding steroid dienone is 4. The van der Waals surface area contributed by atoms with Crippen molar-refractivity contribution in [2.45, 2.75) is 78.6 Å². The highest BCUT2D eigenvalue weighted by Crippen LogP contribution is 2.49. The molecule has 4 nitrogen and oxygen atoms in total. The molecule has 278 valence electrons. The first kappa shape index (κ1) is 38.3. The van der Waals surface area contributed by atoms with Crippen molar-refractivity contribution in [3.8, 4) is 11.5 Å². The van der Waals surface area contributed by atoms with Crippen molar-refractivity contribution in [2.75, 3.05) is 24.0 Å². The molecule has 0 saturated carbocycles. The van der Waals surface area contributed by atoms with E-state index in [1.165, 1.54) is 33.4 Å². The second-order valence-electron chi connectivity index (χ2n) is 16.9. The van der Waals surface area contributed by atoms with Crippen LogP contribution in [-0.4, -0.2) is 14.2 Å². The molecule has 0 saturated heterocycles. The Hall–Kier alpha value is -5.48. The van der Waals surface area contributed by atoms with E-state index in [1.807, 2.05) is 24.3 Å². The largest absolute Gasteiger partial charge is 0.497 e. The van der Waals surface area contributed by atoms with E-state index in [1.54, 1.807) is 14.2 Å². The molecule has 0 radical (unpaired) electrons. The Morgan fingerprint density at radius 2 is 1.00 bits per heavy atom. The van der Waals surface area contributed by atoms with Gasteiger partial charge in [-0.2, -0.15) is 0 Å². The second kappa shape index (κ2) is 14.7. The fourth-order valence-electron chi connectivity index (χ4n) is 7.24. The predicted molar refractivity (Wildman–Crippen MR) is 231 cm³/mol. The second-order valence-corrected chi connectivity index (χ2v) is 16.9. The van der Waals surface area contributed by atoms with E-state index in [0.717, 1.165) is 45.6 Å². The highest BCUT2D eigenvalue weighted by atomic mass is 16.5. The third kappa shape index (κ3) is 7.61. The average molecular weight is 717 g/mol. The van der Waals surface area contributed by atoms with E-state index in [2.05, 4.69) is 182 Å². The number of rotatable bonds is 10. The molecule has 0 bridgehead atoms. The highest BCUT2D eigenvalue weighted by molar-refractivity contribution is 5.89. The summed E-state index contributed by atoms with van der Waals surface area (Å²) in [7, 11) is 3.40. The lowest BCUT2D eigenvalue weighted by atomic mass is 9.82. The fourth-order valence-corrected chi connectivity index (χ4v) is 7.24. The van der Waals surface area contributed by atoms with Crippen molar-refractivity contribution in [3.05, 3.63) is 168 Å². The van der Waals surface area contributed by atoms with Crippen LogP contribution in [0.2, 0.25) is 0 Å². The van der Waals surface area contributed by atoms with Gasteiger partial charge in [-0.05, 0) is 137 Å². The lowest BCUT2D eigenvalue weighted by Crippen LogP contribution is -2.17. The molecular weight excluding hydrogens is 661 g/mol. The van der Waals surface area contributed by atoms with Gasteiger partial charge in [0, 0.05) is 39.5 Å². The number of ether oxygens (including phenoxy) is 2. The van der Waals surface area contributed by atoms with E-state index in [4.69, 9.17) is 9.47 Å². The summed E-state index contributed by atoms with van der Waals surface area (Å²) in [6.45, 7) is 25.0. The van der Waals surface area contributed by atoms with Gasteiger partial charge in [-0.3, -0.25) is 0 Å². The molecule has 1 aliphatic rings. The normalized spacial score (nSPS) is 13.9. The zero-order chi connectivity index (χ0) is 39.0. The molecule has 5 aromatic rings. The topological polar surface area (TPSA) is 24.9 Å². The summed E-state index contributed by atoms with van der Waals surface area (Å²) in [6.07, 6.45) is 4.40. The maximum atomic E-state index is 5.51. The Kier molecular flexibility index (Phi) is 10.4. The van der Waals surface area contributed by atoms with Gasteiger partial charge in [0.25, 0.3) is 0 Å². The summed E-state index contributed by atoms with van der Waals surface area (Å²) in [5, 5.41) is 0. The first-order valence-corrected chi connectivity index (χ1v) is 18.9. The summed E-state index contributed by atoms with van der Waals surface area (Å²) in [4.78, 5) is 4.55. The third-order valence-corrected chi connectivity index (χ3v) is 10.9. The quantitative estimate of drug-likeness (QED) is 0.134. The van der Waals surface area contributed by atoms with Crippen LogP contribution in [0, 0.1) is 0 Å². The zero-order valence-corrected chi connectivity index (χ0v) is 34.0. The van der Waals surface area contributed by atoms with Gasteiger partial charge in [0.2, 0.25) is 0 Å². The van der Waals surface area contributed by atoms with Crippen molar-refractivity contribution in [1.82, 2.24) is 0 Å². The van der Waals surface area contributed by atoms with Crippen LogP contribution in [0.25, 0.3) is 5.57 Å². The van der Waals surface area contributed by atoms with Crippen LogP contribution >= 0.6 is 0 Å². The van der Waals surface area contributed by atoms with E-state index >= 15 is 0 Å². The summed E-state index contributed by atoms with van der Waals surface area (Å²) >= 11 is 0. The molecule has 0 aliphatic heterocycles. The van der Waals surface area contributed by atoms with Crippen LogP contribution in [-0.2, 0) is 16.2 Å².